The van der Waals surface area contributed by atoms with Crippen molar-refractivity contribution < 1.29 is 14.5 Å². The van der Waals surface area contributed by atoms with Gasteiger partial charge in [-0.3, -0.25) is 19.7 Å². The van der Waals surface area contributed by atoms with Crippen LogP contribution in [0.3, 0.4) is 0 Å². The molecule has 0 radical (unpaired) electrons. The molecular formula is C25H30ClN5O4. The summed E-state index contributed by atoms with van der Waals surface area (Å²) in [6.07, 6.45) is 3.63. The molecule has 4 rings (SSSR count). The molecule has 1 N–H and O–H groups in total. The van der Waals surface area contributed by atoms with Crippen LogP contribution >= 0.6 is 11.6 Å². The number of nitrogens with one attached hydrogen (secondary N) is 1. The molecule has 0 aromatic heterocycles. The number of carbonyl (C=O) groups is 2. The Morgan fingerprint density at radius 2 is 1.60 bits per heavy atom. The zero-order valence-electron chi connectivity index (χ0n) is 19.8. The number of piperidine rings is 1. The SMILES string of the molecule is CCC(=O)N1CCN(c2ccc(NC(=O)c3ccc(N4CCCCC4)c([N+](=O)[O-])c3)cc2Cl)CC1. The average Bonchev–Trinajstić information content (AvgIpc) is 2.88. The Morgan fingerprint density at radius 1 is 0.943 bits per heavy atom. The van der Waals surface area contributed by atoms with Gasteiger partial charge in [-0.25, -0.2) is 0 Å². The number of nitro groups is 1. The highest BCUT2D eigenvalue weighted by Crippen LogP contribution is 2.33. The standard InChI is InChI=1S/C25H30ClN5O4/c1-2-24(32)30-14-12-29(13-15-30)21-9-7-19(17-20(21)26)27-25(33)18-6-8-22(23(16-18)31(34)35)28-10-4-3-5-11-28/h6-9,16-17H,2-5,10-15H2,1H3,(H,27,33). The van der Waals surface area contributed by atoms with Gasteiger partial charge in [-0.15, -0.1) is 0 Å². The molecule has 35 heavy (non-hydrogen) atoms. The fourth-order valence-corrected chi connectivity index (χ4v) is 4.98. The lowest BCUT2D eigenvalue weighted by atomic mass is 10.1. The van der Waals surface area contributed by atoms with Crippen LogP contribution in [-0.2, 0) is 4.79 Å². The van der Waals surface area contributed by atoms with Gasteiger partial charge in [0.25, 0.3) is 11.6 Å². The summed E-state index contributed by atoms with van der Waals surface area (Å²) in [5.74, 6) is -0.285. The van der Waals surface area contributed by atoms with Crippen LogP contribution in [0, 0.1) is 10.1 Å². The van der Waals surface area contributed by atoms with Crippen molar-refractivity contribution in [2.45, 2.75) is 32.6 Å². The van der Waals surface area contributed by atoms with Crippen molar-refractivity contribution in [2.24, 2.45) is 0 Å². The molecule has 2 fully saturated rings. The van der Waals surface area contributed by atoms with Gasteiger partial charge in [0.05, 0.1) is 15.6 Å². The summed E-state index contributed by atoms with van der Waals surface area (Å²) in [4.78, 5) is 42.0. The molecule has 2 aliphatic rings. The Morgan fingerprint density at radius 3 is 2.23 bits per heavy atom. The van der Waals surface area contributed by atoms with Crippen LogP contribution in [0.5, 0.6) is 0 Å². The summed E-state index contributed by atoms with van der Waals surface area (Å²) in [5.41, 5.74) is 2.06. The molecule has 0 aliphatic carbocycles. The molecule has 2 saturated heterocycles. The topological polar surface area (TPSA) is 99.0 Å². The Kier molecular flexibility index (Phi) is 7.75. The van der Waals surface area contributed by atoms with E-state index >= 15 is 0 Å². The van der Waals surface area contributed by atoms with Crippen LogP contribution in [0.15, 0.2) is 36.4 Å². The quantitative estimate of drug-likeness (QED) is 0.462. The van der Waals surface area contributed by atoms with E-state index in [0.717, 1.165) is 38.0 Å². The number of piperazine rings is 1. The molecule has 2 amide bonds. The predicted octanol–water partition coefficient (Wildman–Crippen LogP) is 4.55. The Bertz CT molecular complexity index is 1110. The molecule has 0 unspecified atom stereocenters. The van der Waals surface area contributed by atoms with Crippen LogP contribution < -0.4 is 15.1 Å². The number of benzene rings is 2. The van der Waals surface area contributed by atoms with E-state index in [1.54, 1.807) is 24.3 Å². The summed E-state index contributed by atoms with van der Waals surface area (Å²) < 4.78 is 0. The zero-order valence-corrected chi connectivity index (χ0v) is 20.6. The predicted molar refractivity (Wildman–Crippen MR) is 138 cm³/mol. The highest BCUT2D eigenvalue weighted by molar-refractivity contribution is 6.33. The van der Waals surface area contributed by atoms with Crippen molar-refractivity contribution in [3.63, 3.8) is 0 Å². The number of hydrogen-bond acceptors (Lipinski definition) is 6. The van der Waals surface area contributed by atoms with Gasteiger partial charge in [-0.2, -0.15) is 0 Å². The number of rotatable bonds is 6. The second-order valence-corrected chi connectivity index (χ2v) is 9.26. The van der Waals surface area contributed by atoms with Crippen molar-refractivity contribution in [3.8, 4) is 0 Å². The number of nitro benzene ring substituents is 1. The van der Waals surface area contributed by atoms with E-state index in [9.17, 15) is 19.7 Å². The molecule has 186 valence electrons. The molecule has 2 heterocycles. The molecule has 2 aliphatic heterocycles. The van der Waals surface area contributed by atoms with Gasteiger partial charge in [0.15, 0.2) is 0 Å². The Balaban J connectivity index is 1.44. The van der Waals surface area contributed by atoms with Gasteiger partial charge in [-0.1, -0.05) is 18.5 Å². The van der Waals surface area contributed by atoms with E-state index < -0.39 is 10.8 Å². The smallest absolute Gasteiger partial charge is 0.293 e. The average molecular weight is 500 g/mol. The third-order valence-corrected chi connectivity index (χ3v) is 6.91. The summed E-state index contributed by atoms with van der Waals surface area (Å²) in [6.45, 7) is 6.08. The molecule has 9 nitrogen and oxygen atoms in total. The van der Waals surface area contributed by atoms with Gasteiger partial charge >= 0.3 is 0 Å². The second kappa shape index (κ2) is 10.9. The van der Waals surface area contributed by atoms with Gasteiger partial charge < -0.3 is 20.0 Å². The first-order chi connectivity index (χ1) is 16.9. The Labute approximate surface area is 209 Å². The van der Waals surface area contributed by atoms with Gasteiger partial charge in [0, 0.05) is 63.0 Å². The number of amides is 2. The third-order valence-electron chi connectivity index (χ3n) is 6.61. The maximum Gasteiger partial charge on any atom is 0.293 e. The summed E-state index contributed by atoms with van der Waals surface area (Å²) in [6, 6.07) is 9.91. The van der Waals surface area contributed by atoms with E-state index in [4.69, 9.17) is 11.6 Å². The summed E-state index contributed by atoms with van der Waals surface area (Å²) >= 11 is 6.52. The van der Waals surface area contributed by atoms with Gasteiger partial charge in [0.1, 0.15) is 5.69 Å². The number of nitrogens with zero attached hydrogens (tertiary/aromatic N) is 4. The normalized spacial score (nSPS) is 16.2. The van der Waals surface area contributed by atoms with Crippen molar-refractivity contribution in [1.82, 2.24) is 4.90 Å². The molecule has 0 saturated carbocycles. The molecule has 2 aromatic rings. The maximum absolute atomic E-state index is 12.9. The fraction of sp³-hybridized carbons (Fsp3) is 0.440. The molecule has 10 heteroatoms. The maximum atomic E-state index is 12.9. The van der Waals surface area contributed by atoms with Crippen molar-refractivity contribution >= 4 is 46.2 Å². The van der Waals surface area contributed by atoms with Crippen LogP contribution in [0.25, 0.3) is 0 Å². The van der Waals surface area contributed by atoms with Crippen molar-refractivity contribution in [2.75, 3.05) is 54.4 Å². The van der Waals surface area contributed by atoms with Crippen LogP contribution in [0.2, 0.25) is 5.02 Å². The first-order valence-electron chi connectivity index (χ1n) is 12.0. The minimum Gasteiger partial charge on any atom is -0.367 e. The summed E-state index contributed by atoms with van der Waals surface area (Å²) in [7, 11) is 0. The van der Waals surface area contributed by atoms with Crippen LogP contribution in [-0.4, -0.2) is 60.9 Å². The number of carbonyl (C=O) groups excluding carboxylic acids is 2. The minimum atomic E-state index is -0.436. The number of hydrogen-bond donors (Lipinski definition) is 1. The van der Waals surface area contributed by atoms with Gasteiger partial charge in [0.2, 0.25) is 5.91 Å². The van der Waals surface area contributed by atoms with Crippen LogP contribution in [0.4, 0.5) is 22.7 Å². The van der Waals surface area contributed by atoms with Crippen LogP contribution in [0.1, 0.15) is 43.0 Å². The number of anilines is 3. The lowest BCUT2D eigenvalue weighted by molar-refractivity contribution is -0.384. The highest BCUT2D eigenvalue weighted by atomic mass is 35.5. The van der Waals surface area contributed by atoms with Crippen molar-refractivity contribution in [1.29, 1.82) is 0 Å². The molecular weight excluding hydrogens is 470 g/mol. The Hall–Kier alpha value is -3.33. The third kappa shape index (κ3) is 5.67. The molecule has 2 aromatic carbocycles. The molecule has 0 atom stereocenters. The van der Waals surface area contributed by atoms with E-state index in [2.05, 4.69) is 10.2 Å². The van der Waals surface area contributed by atoms with E-state index in [1.165, 1.54) is 6.07 Å². The molecule has 0 spiro atoms. The first-order valence-corrected chi connectivity index (χ1v) is 12.4. The largest absolute Gasteiger partial charge is 0.367 e. The van der Waals surface area contributed by atoms with Gasteiger partial charge in [-0.05, 0) is 49.6 Å². The molecule has 0 bridgehead atoms. The zero-order chi connectivity index (χ0) is 24.9. The van der Waals surface area contributed by atoms with E-state index in [1.807, 2.05) is 22.8 Å². The van der Waals surface area contributed by atoms with E-state index in [-0.39, 0.29) is 17.2 Å². The van der Waals surface area contributed by atoms with E-state index in [0.29, 0.717) is 49.0 Å². The summed E-state index contributed by atoms with van der Waals surface area (Å²) in [5, 5.41) is 15.0. The lowest BCUT2D eigenvalue weighted by Gasteiger charge is -2.36. The monoisotopic (exact) mass is 499 g/mol. The first kappa shape index (κ1) is 24.8. The lowest BCUT2D eigenvalue weighted by Crippen LogP contribution is -2.48. The second-order valence-electron chi connectivity index (χ2n) is 8.85. The highest BCUT2D eigenvalue weighted by Gasteiger charge is 2.24. The number of halogens is 1. The van der Waals surface area contributed by atoms with Crippen molar-refractivity contribution in [3.05, 3.63) is 57.1 Å². The fourth-order valence-electron chi connectivity index (χ4n) is 4.68. The minimum absolute atomic E-state index is 0.0615.